The summed E-state index contributed by atoms with van der Waals surface area (Å²) in [6, 6.07) is 24.2. The van der Waals surface area contributed by atoms with E-state index in [4.69, 9.17) is 29.7 Å². The number of hydrogen-bond acceptors (Lipinski definition) is 9. The van der Waals surface area contributed by atoms with Gasteiger partial charge in [-0.05, 0) is 71.5 Å². The van der Waals surface area contributed by atoms with Gasteiger partial charge in [0.15, 0.2) is 23.0 Å². The van der Waals surface area contributed by atoms with Crippen molar-refractivity contribution in [1.29, 1.82) is 0 Å². The Morgan fingerprint density at radius 2 is 1.52 bits per heavy atom. The zero-order chi connectivity index (χ0) is 36.9. The van der Waals surface area contributed by atoms with Crippen LogP contribution in [-0.4, -0.2) is 58.2 Å². The fourth-order valence-electron chi connectivity index (χ4n) is 8.16. The van der Waals surface area contributed by atoms with E-state index >= 15 is 0 Å². The second-order valence-corrected chi connectivity index (χ2v) is 14.1. The number of amides is 1. The molecular formula is C44H41N5O5. The molecular weight excluding hydrogens is 679 g/mol. The highest BCUT2D eigenvalue weighted by Crippen LogP contribution is 2.45. The minimum atomic E-state index is -0.140. The third-order valence-corrected chi connectivity index (χ3v) is 10.8. The van der Waals surface area contributed by atoms with Crippen LogP contribution in [0.25, 0.3) is 5.70 Å². The van der Waals surface area contributed by atoms with Gasteiger partial charge in [0.2, 0.25) is 0 Å². The summed E-state index contributed by atoms with van der Waals surface area (Å²) in [5.74, 6) is 2.12. The zero-order valence-electron chi connectivity index (χ0n) is 30.3. The van der Waals surface area contributed by atoms with Gasteiger partial charge in [0, 0.05) is 65.3 Å². The molecule has 3 N–H and O–H groups in total. The zero-order valence-corrected chi connectivity index (χ0v) is 30.3. The maximum absolute atomic E-state index is 13.8. The summed E-state index contributed by atoms with van der Waals surface area (Å²) >= 11 is 0. The molecule has 0 aromatic heterocycles. The van der Waals surface area contributed by atoms with Crippen LogP contribution in [0.5, 0.6) is 23.0 Å². The molecule has 10 nitrogen and oxygen atoms in total. The number of nitrogens with one attached hydrogen (secondary N) is 1. The van der Waals surface area contributed by atoms with Crippen molar-refractivity contribution in [2.24, 2.45) is 10.7 Å². The standard InChI is InChI=1S/C44H41N5O5/c1-26-34-18-40(51-2)42(20-36(34)46-22-32-16-29-8-4-6-10-38(29)48(26)32)53-24-27-12-13-28(15-31(45)14-27)25-54-43-21-37-35(19-41(43)52-3)44(50)49-33(23-47-37)17-30-9-5-7-11-39(30)49/h4-11,13-15,18-21,23,32-33,46H,1,12,16-17,22,24-25,45H2,2-3H3/t32-,33-/m0/s1. The lowest BCUT2D eigenvalue weighted by atomic mass is 10.1. The lowest BCUT2D eigenvalue weighted by Crippen LogP contribution is -2.37. The lowest BCUT2D eigenvalue weighted by molar-refractivity contribution is 0.0986. The SMILES string of the molecule is C=C1c2cc(OC)c(OCC3=CC(N)=CC(COc4cc5c(cc4OC)C(=O)N4c6ccccc6C[C@H]4C=N5)=CC3)cc2NC[C@@H]2Cc3ccccc3N12. The summed E-state index contributed by atoms with van der Waals surface area (Å²) < 4.78 is 24.2. The van der Waals surface area contributed by atoms with Crippen molar-refractivity contribution in [3.63, 3.8) is 0 Å². The van der Waals surface area contributed by atoms with Crippen LogP contribution >= 0.6 is 0 Å². The van der Waals surface area contributed by atoms with E-state index in [2.05, 4.69) is 53.2 Å². The number of nitrogens with two attached hydrogens (primary N) is 1. The third-order valence-electron chi connectivity index (χ3n) is 10.8. The molecule has 4 heterocycles. The Labute approximate surface area is 314 Å². The van der Waals surface area contributed by atoms with Crippen molar-refractivity contribution >= 4 is 40.6 Å². The maximum Gasteiger partial charge on any atom is 0.261 e. The molecule has 1 aliphatic carbocycles. The number of rotatable bonds is 8. The third kappa shape index (κ3) is 5.84. The fraction of sp³-hybridized carbons (Fsp3) is 0.227. The highest BCUT2D eigenvalue weighted by atomic mass is 16.5. The predicted molar refractivity (Wildman–Crippen MR) is 213 cm³/mol. The smallest absolute Gasteiger partial charge is 0.261 e. The molecule has 0 saturated carbocycles. The van der Waals surface area contributed by atoms with Crippen LogP contribution in [-0.2, 0) is 12.8 Å². The van der Waals surface area contributed by atoms with Gasteiger partial charge < -0.3 is 34.9 Å². The lowest BCUT2D eigenvalue weighted by Gasteiger charge is -2.27. The molecule has 2 atom stereocenters. The first kappa shape index (κ1) is 33.4. The molecule has 0 radical (unpaired) electrons. The molecule has 54 heavy (non-hydrogen) atoms. The van der Waals surface area contributed by atoms with Gasteiger partial charge in [0.05, 0.1) is 37.6 Å². The molecule has 4 aromatic rings. The fourth-order valence-corrected chi connectivity index (χ4v) is 8.16. The topological polar surface area (TPSA) is 111 Å². The van der Waals surface area contributed by atoms with E-state index in [9.17, 15) is 4.79 Å². The Morgan fingerprint density at radius 1 is 0.833 bits per heavy atom. The van der Waals surface area contributed by atoms with Gasteiger partial charge in [-0.1, -0.05) is 49.1 Å². The number of aliphatic imine (C=N–C) groups is 1. The van der Waals surface area contributed by atoms with E-state index in [1.54, 1.807) is 26.4 Å². The number of anilines is 3. The van der Waals surface area contributed by atoms with Crippen LogP contribution in [0, 0.1) is 0 Å². The van der Waals surface area contributed by atoms with Crippen LogP contribution in [0.3, 0.4) is 0 Å². The molecule has 0 saturated heterocycles. The molecule has 9 rings (SSSR count). The first-order chi connectivity index (χ1) is 26.4. The van der Waals surface area contributed by atoms with Gasteiger partial charge in [-0.15, -0.1) is 0 Å². The van der Waals surface area contributed by atoms with Gasteiger partial charge in [-0.25, -0.2) is 0 Å². The first-order valence-electron chi connectivity index (χ1n) is 18.2. The number of carbonyl (C=O) groups excluding carboxylic acids is 1. The summed E-state index contributed by atoms with van der Waals surface area (Å²) in [4.78, 5) is 22.7. The summed E-state index contributed by atoms with van der Waals surface area (Å²) in [6.07, 6.45) is 10.1. The highest BCUT2D eigenvalue weighted by molar-refractivity contribution is 6.14. The van der Waals surface area contributed by atoms with Crippen molar-refractivity contribution < 1.29 is 23.7 Å². The highest BCUT2D eigenvalue weighted by Gasteiger charge is 2.37. The quantitative estimate of drug-likeness (QED) is 0.194. The van der Waals surface area contributed by atoms with Gasteiger partial charge in [-0.3, -0.25) is 14.7 Å². The number of allylic oxidation sites excluding steroid dienone is 2. The average Bonchev–Trinajstić information content (AvgIpc) is 3.60. The normalized spacial score (nSPS) is 19.3. The number of carbonyl (C=O) groups is 1. The second-order valence-electron chi connectivity index (χ2n) is 14.1. The summed E-state index contributed by atoms with van der Waals surface area (Å²) in [5, 5.41) is 3.64. The van der Waals surface area contributed by atoms with Crippen molar-refractivity contribution in [3.05, 3.63) is 137 Å². The van der Waals surface area contributed by atoms with Gasteiger partial charge >= 0.3 is 0 Å². The summed E-state index contributed by atoms with van der Waals surface area (Å²) in [5.41, 5.74) is 17.5. The number of nitrogens with zero attached hydrogens (tertiary/aromatic N) is 3. The van der Waals surface area contributed by atoms with E-state index in [1.165, 1.54) is 11.3 Å². The molecule has 0 unspecified atom stereocenters. The number of ether oxygens (including phenoxy) is 4. The molecule has 1 amide bonds. The number of fused-ring (bicyclic) bond motifs is 8. The summed E-state index contributed by atoms with van der Waals surface area (Å²) in [7, 11) is 3.22. The van der Waals surface area contributed by atoms with E-state index < -0.39 is 0 Å². The van der Waals surface area contributed by atoms with Gasteiger partial charge in [0.25, 0.3) is 5.91 Å². The van der Waals surface area contributed by atoms with E-state index in [1.807, 2.05) is 53.6 Å². The predicted octanol–water partition coefficient (Wildman–Crippen LogP) is 7.38. The molecule has 0 bridgehead atoms. The van der Waals surface area contributed by atoms with Gasteiger partial charge in [0.1, 0.15) is 13.2 Å². The minimum absolute atomic E-state index is 0.109. The average molecular weight is 720 g/mol. The Balaban J connectivity index is 0.880. The molecule has 0 fully saturated rings. The largest absolute Gasteiger partial charge is 0.493 e. The molecule has 4 aromatic carbocycles. The van der Waals surface area contributed by atoms with E-state index in [0.29, 0.717) is 53.0 Å². The van der Waals surface area contributed by atoms with Crippen LogP contribution in [0.15, 0.2) is 119 Å². The molecule has 0 spiro atoms. The van der Waals surface area contributed by atoms with Crippen LogP contribution in [0.2, 0.25) is 0 Å². The Bertz CT molecular complexity index is 2340. The van der Waals surface area contributed by atoms with Crippen molar-refractivity contribution in [2.45, 2.75) is 31.3 Å². The first-order valence-corrected chi connectivity index (χ1v) is 18.2. The molecule has 10 heteroatoms. The van der Waals surface area contributed by atoms with Crippen molar-refractivity contribution in [3.8, 4) is 23.0 Å². The van der Waals surface area contributed by atoms with E-state index in [-0.39, 0.29) is 24.6 Å². The minimum Gasteiger partial charge on any atom is -0.493 e. The van der Waals surface area contributed by atoms with Crippen LogP contribution in [0.1, 0.15) is 33.5 Å². The number of hydrogen-bond donors (Lipinski definition) is 2. The van der Waals surface area contributed by atoms with Crippen molar-refractivity contribution in [1.82, 2.24) is 0 Å². The molecule has 5 aliphatic rings. The van der Waals surface area contributed by atoms with E-state index in [0.717, 1.165) is 58.7 Å². The second kappa shape index (κ2) is 13.5. The van der Waals surface area contributed by atoms with Crippen LogP contribution < -0.4 is 39.8 Å². The Morgan fingerprint density at radius 3 is 2.30 bits per heavy atom. The maximum atomic E-state index is 13.8. The summed E-state index contributed by atoms with van der Waals surface area (Å²) in [6.45, 7) is 5.86. The molecule has 4 aliphatic heterocycles. The van der Waals surface area contributed by atoms with Crippen molar-refractivity contribution in [2.75, 3.05) is 49.1 Å². The number of methoxy groups -OCH3 is 2. The number of benzene rings is 4. The number of para-hydroxylation sites is 2. The Hall–Kier alpha value is -6.42. The van der Waals surface area contributed by atoms with Gasteiger partial charge in [-0.2, -0.15) is 0 Å². The monoisotopic (exact) mass is 719 g/mol. The van der Waals surface area contributed by atoms with Crippen LogP contribution in [0.4, 0.5) is 22.7 Å². The Kier molecular flexibility index (Phi) is 8.37. The molecule has 272 valence electrons.